The molecule has 1 aromatic rings. The number of hydrogen-bond acceptors (Lipinski definition) is 4. The van der Waals surface area contributed by atoms with E-state index in [1.165, 1.54) is 24.3 Å². The van der Waals surface area contributed by atoms with Crippen LogP contribution in [0.15, 0.2) is 29.2 Å². The molecule has 0 aliphatic carbocycles. The summed E-state index contributed by atoms with van der Waals surface area (Å²) < 4.78 is 27.1. The lowest BCUT2D eigenvalue weighted by molar-refractivity contribution is 0.178. The summed E-state index contributed by atoms with van der Waals surface area (Å²) in [5.74, 6) is 0.0619. The molecule has 1 aliphatic rings. The summed E-state index contributed by atoms with van der Waals surface area (Å²) in [6.45, 7) is 2.99. The van der Waals surface area contributed by atoms with Gasteiger partial charge in [-0.15, -0.1) is 0 Å². The van der Waals surface area contributed by atoms with E-state index in [2.05, 4.69) is 23.6 Å². The van der Waals surface area contributed by atoms with E-state index in [4.69, 9.17) is 0 Å². The summed E-state index contributed by atoms with van der Waals surface area (Å²) >= 11 is 0. The molecular formula is C13H20N2O3S. The lowest BCUT2D eigenvalue weighted by Gasteiger charge is -2.35. The molecule has 1 aromatic carbocycles. The van der Waals surface area contributed by atoms with Crippen LogP contribution in [0.2, 0.25) is 0 Å². The van der Waals surface area contributed by atoms with Gasteiger partial charge >= 0.3 is 0 Å². The standard InChI is InChI=1S/C13H20N2O3S/c1-10-9-11(7-8-15(10)2)14-19(17,18)13-5-3-12(16)4-6-13/h3-6,10-11,14,16H,7-9H2,1-2H3. The fourth-order valence-corrected chi connectivity index (χ4v) is 3.59. The van der Waals surface area contributed by atoms with Gasteiger partial charge in [0, 0.05) is 12.1 Å². The smallest absolute Gasteiger partial charge is 0.240 e. The minimum absolute atomic E-state index is 0.0231. The number of piperidine rings is 1. The number of sulfonamides is 1. The summed E-state index contributed by atoms with van der Waals surface area (Å²) in [5, 5.41) is 9.19. The van der Waals surface area contributed by atoms with Crippen molar-refractivity contribution in [1.29, 1.82) is 0 Å². The van der Waals surface area contributed by atoms with Crippen molar-refractivity contribution in [2.75, 3.05) is 13.6 Å². The molecule has 5 nitrogen and oxygen atoms in total. The Morgan fingerprint density at radius 3 is 2.53 bits per heavy atom. The van der Waals surface area contributed by atoms with Crippen molar-refractivity contribution >= 4 is 10.0 Å². The number of phenols is 1. The Morgan fingerprint density at radius 2 is 1.95 bits per heavy atom. The van der Waals surface area contributed by atoms with E-state index in [1.807, 2.05) is 0 Å². The number of benzene rings is 1. The zero-order valence-electron chi connectivity index (χ0n) is 11.2. The van der Waals surface area contributed by atoms with Crippen molar-refractivity contribution in [3.8, 4) is 5.75 Å². The second-order valence-corrected chi connectivity index (χ2v) is 6.88. The van der Waals surface area contributed by atoms with Crippen molar-refractivity contribution in [3.63, 3.8) is 0 Å². The molecule has 106 valence electrons. The highest BCUT2D eigenvalue weighted by molar-refractivity contribution is 7.89. The maximum Gasteiger partial charge on any atom is 0.240 e. The van der Waals surface area contributed by atoms with Crippen molar-refractivity contribution in [3.05, 3.63) is 24.3 Å². The Balaban J connectivity index is 2.07. The van der Waals surface area contributed by atoms with Crippen LogP contribution >= 0.6 is 0 Å². The van der Waals surface area contributed by atoms with Crippen LogP contribution in [-0.2, 0) is 10.0 Å². The van der Waals surface area contributed by atoms with Crippen LogP contribution in [0.4, 0.5) is 0 Å². The van der Waals surface area contributed by atoms with E-state index in [0.29, 0.717) is 6.04 Å². The fourth-order valence-electron chi connectivity index (χ4n) is 2.31. The molecular weight excluding hydrogens is 264 g/mol. The molecule has 19 heavy (non-hydrogen) atoms. The lowest BCUT2D eigenvalue weighted by atomic mass is 10.0. The van der Waals surface area contributed by atoms with Crippen LogP contribution in [0.1, 0.15) is 19.8 Å². The van der Waals surface area contributed by atoms with Gasteiger partial charge in [0.1, 0.15) is 5.75 Å². The van der Waals surface area contributed by atoms with Crippen molar-refractivity contribution in [2.24, 2.45) is 0 Å². The van der Waals surface area contributed by atoms with Gasteiger partial charge in [-0.1, -0.05) is 0 Å². The van der Waals surface area contributed by atoms with Gasteiger partial charge in [-0.3, -0.25) is 0 Å². The number of rotatable bonds is 3. The SMILES string of the molecule is CC1CC(NS(=O)(=O)c2ccc(O)cc2)CCN1C. The van der Waals surface area contributed by atoms with Gasteiger partial charge in [-0.05, 0) is 57.6 Å². The highest BCUT2D eigenvalue weighted by Crippen LogP contribution is 2.19. The Labute approximate surface area is 114 Å². The summed E-state index contributed by atoms with van der Waals surface area (Å²) in [6.07, 6.45) is 1.63. The van der Waals surface area contributed by atoms with E-state index >= 15 is 0 Å². The van der Waals surface area contributed by atoms with Crippen molar-refractivity contribution in [2.45, 2.75) is 36.7 Å². The Morgan fingerprint density at radius 1 is 1.32 bits per heavy atom. The monoisotopic (exact) mass is 284 g/mol. The molecule has 0 spiro atoms. The summed E-state index contributed by atoms with van der Waals surface area (Å²) in [7, 11) is -1.45. The number of aromatic hydroxyl groups is 1. The van der Waals surface area contributed by atoms with Crippen molar-refractivity contribution in [1.82, 2.24) is 9.62 Å². The molecule has 6 heteroatoms. The molecule has 2 unspecified atom stereocenters. The number of nitrogens with one attached hydrogen (secondary N) is 1. The minimum Gasteiger partial charge on any atom is -0.508 e. The highest BCUT2D eigenvalue weighted by Gasteiger charge is 2.26. The first-order chi connectivity index (χ1) is 8.88. The molecule has 1 heterocycles. The topological polar surface area (TPSA) is 69.6 Å². The third kappa shape index (κ3) is 3.46. The van der Waals surface area contributed by atoms with Crippen LogP contribution in [0.3, 0.4) is 0 Å². The largest absolute Gasteiger partial charge is 0.508 e. The van der Waals surface area contributed by atoms with Crippen LogP contribution in [0.25, 0.3) is 0 Å². The average Bonchev–Trinajstić information content (AvgIpc) is 2.34. The number of likely N-dealkylation sites (tertiary alicyclic amines) is 1. The second-order valence-electron chi connectivity index (χ2n) is 5.17. The van der Waals surface area contributed by atoms with Gasteiger partial charge in [-0.2, -0.15) is 0 Å². The molecule has 2 atom stereocenters. The zero-order valence-corrected chi connectivity index (χ0v) is 12.0. The zero-order chi connectivity index (χ0) is 14.0. The van der Waals surface area contributed by atoms with Crippen LogP contribution in [0, 0.1) is 0 Å². The van der Waals surface area contributed by atoms with E-state index in [-0.39, 0.29) is 16.7 Å². The first-order valence-electron chi connectivity index (χ1n) is 6.40. The van der Waals surface area contributed by atoms with E-state index in [9.17, 15) is 13.5 Å². The fraction of sp³-hybridized carbons (Fsp3) is 0.538. The van der Waals surface area contributed by atoms with E-state index < -0.39 is 10.0 Å². The molecule has 1 fully saturated rings. The van der Waals surface area contributed by atoms with Gasteiger partial charge in [0.25, 0.3) is 0 Å². The molecule has 1 aliphatic heterocycles. The van der Waals surface area contributed by atoms with E-state index in [1.54, 1.807) is 0 Å². The maximum absolute atomic E-state index is 12.2. The van der Waals surface area contributed by atoms with Crippen LogP contribution in [0.5, 0.6) is 5.75 Å². The third-order valence-corrected chi connectivity index (χ3v) is 5.21. The summed E-state index contributed by atoms with van der Waals surface area (Å²) in [4.78, 5) is 2.42. The molecule has 0 radical (unpaired) electrons. The highest BCUT2D eigenvalue weighted by atomic mass is 32.2. The first kappa shape index (κ1) is 14.3. The number of nitrogens with zero attached hydrogens (tertiary/aromatic N) is 1. The Kier molecular flexibility index (Phi) is 4.13. The van der Waals surface area contributed by atoms with Gasteiger partial charge in [-0.25, -0.2) is 13.1 Å². The molecule has 0 aromatic heterocycles. The number of hydrogen-bond donors (Lipinski definition) is 2. The number of phenolic OH excluding ortho intramolecular Hbond substituents is 1. The Bertz CT molecular complexity index is 527. The van der Waals surface area contributed by atoms with Gasteiger partial charge < -0.3 is 10.0 Å². The molecule has 1 saturated heterocycles. The lowest BCUT2D eigenvalue weighted by Crippen LogP contribution is -2.47. The summed E-state index contributed by atoms with van der Waals surface area (Å²) in [5.41, 5.74) is 0. The van der Waals surface area contributed by atoms with Gasteiger partial charge in [0.2, 0.25) is 10.0 Å². The van der Waals surface area contributed by atoms with Gasteiger partial charge in [0.05, 0.1) is 4.90 Å². The predicted molar refractivity (Wildman–Crippen MR) is 73.5 cm³/mol. The first-order valence-corrected chi connectivity index (χ1v) is 7.88. The molecule has 2 N–H and O–H groups in total. The molecule has 0 amide bonds. The van der Waals surface area contributed by atoms with Crippen LogP contribution in [-0.4, -0.2) is 44.1 Å². The van der Waals surface area contributed by atoms with Crippen LogP contribution < -0.4 is 4.72 Å². The predicted octanol–water partition coefficient (Wildman–Crippen LogP) is 1.15. The van der Waals surface area contributed by atoms with Gasteiger partial charge in [0.15, 0.2) is 0 Å². The summed E-state index contributed by atoms with van der Waals surface area (Å²) in [6, 6.07) is 5.94. The van der Waals surface area contributed by atoms with E-state index in [0.717, 1.165) is 19.4 Å². The van der Waals surface area contributed by atoms with Crippen molar-refractivity contribution < 1.29 is 13.5 Å². The minimum atomic E-state index is -3.50. The molecule has 0 bridgehead atoms. The quantitative estimate of drug-likeness (QED) is 0.873. The average molecular weight is 284 g/mol. The second kappa shape index (κ2) is 5.48. The molecule has 0 saturated carbocycles. The Hall–Kier alpha value is -1.11. The maximum atomic E-state index is 12.2. The third-order valence-electron chi connectivity index (χ3n) is 3.68. The molecule has 2 rings (SSSR count). The normalized spacial score (nSPS) is 25.4.